The lowest BCUT2D eigenvalue weighted by molar-refractivity contribution is -0.145. The molecule has 2 aromatic rings. The molecule has 27 heavy (non-hydrogen) atoms. The van der Waals surface area contributed by atoms with Crippen LogP contribution in [0, 0.1) is 6.92 Å². The van der Waals surface area contributed by atoms with Gasteiger partial charge in [-0.2, -0.15) is 0 Å². The molecule has 0 spiro atoms. The summed E-state index contributed by atoms with van der Waals surface area (Å²) in [5.74, 6) is -0.703. The van der Waals surface area contributed by atoms with Gasteiger partial charge in [-0.1, -0.05) is 40.9 Å². The molecule has 0 aromatic heterocycles. The van der Waals surface area contributed by atoms with E-state index in [1.165, 1.54) is 18.2 Å². The van der Waals surface area contributed by atoms with Crippen molar-refractivity contribution in [2.75, 3.05) is 10.8 Å². The summed E-state index contributed by atoms with van der Waals surface area (Å²) in [4.78, 5) is 12.0. The largest absolute Gasteiger partial charge is 0.462 e. The third kappa shape index (κ3) is 5.08. The number of esters is 1. The summed E-state index contributed by atoms with van der Waals surface area (Å²) in [5, 5.41) is 0.550. The first-order chi connectivity index (χ1) is 12.5. The fourth-order valence-electron chi connectivity index (χ4n) is 2.38. The first-order valence-electron chi connectivity index (χ1n) is 7.96. The number of rotatable bonds is 6. The molecule has 2 rings (SSSR count). The van der Waals surface area contributed by atoms with Crippen LogP contribution in [0.2, 0.25) is 15.1 Å². The van der Waals surface area contributed by atoms with Crippen molar-refractivity contribution in [3.8, 4) is 0 Å². The number of benzene rings is 2. The van der Waals surface area contributed by atoms with Gasteiger partial charge in [0.25, 0.3) is 10.0 Å². The van der Waals surface area contributed by atoms with Gasteiger partial charge in [0, 0.05) is 10.0 Å². The Morgan fingerprint density at radius 2 is 1.78 bits per heavy atom. The molecule has 0 aliphatic carbocycles. The smallest absolute Gasteiger partial charge is 0.327 e. The van der Waals surface area contributed by atoms with Gasteiger partial charge in [-0.05, 0) is 56.7 Å². The maximum absolute atomic E-state index is 13.3. The summed E-state index contributed by atoms with van der Waals surface area (Å²) in [7, 11) is -4.22. The minimum absolute atomic E-state index is 0.0127. The summed E-state index contributed by atoms with van der Waals surface area (Å²) in [6.45, 7) is 4.47. The van der Waals surface area contributed by atoms with E-state index in [-0.39, 0.29) is 20.6 Å². The van der Waals surface area contributed by atoms with Crippen LogP contribution in [0.4, 0.5) is 5.69 Å². The molecule has 0 N–H and O–H groups in total. The maximum atomic E-state index is 13.3. The number of carbonyl (C=O) groups excluding carboxylic acids is 1. The van der Waals surface area contributed by atoms with Crippen LogP contribution in [0.15, 0.2) is 41.3 Å². The highest BCUT2D eigenvalue weighted by Gasteiger charge is 2.31. The van der Waals surface area contributed by atoms with E-state index >= 15 is 0 Å². The Kier molecular flexibility index (Phi) is 7.03. The Balaban J connectivity index is 2.62. The van der Waals surface area contributed by atoms with Crippen molar-refractivity contribution in [3.05, 3.63) is 57.0 Å². The number of hydrogen-bond donors (Lipinski definition) is 0. The Morgan fingerprint density at radius 3 is 2.41 bits per heavy atom. The average molecular weight is 451 g/mol. The highest BCUT2D eigenvalue weighted by molar-refractivity contribution is 7.93. The van der Waals surface area contributed by atoms with Gasteiger partial charge in [-0.3, -0.25) is 9.10 Å². The number of carbonyl (C=O) groups is 1. The monoisotopic (exact) mass is 449 g/mol. The standard InChI is InChI=1S/C18H18Cl3NO4S/c1-11(2)26-18(23)10-22(16-6-4-5-14(20)12(16)3)27(24,25)17-9-13(19)7-8-15(17)21/h4-9,11H,10H2,1-3H3. The van der Waals surface area contributed by atoms with Gasteiger partial charge in [-0.25, -0.2) is 8.42 Å². The molecule has 0 heterocycles. The van der Waals surface area contributed by atoms with Crippen molar-refractivity contribution in [1.82, 2.24) is 0 Å². The summed E-state index contributed by atoms with van der Waals surface area (Å²) in [6, 6.07) is 8.88. The molecule has 0 bridgehead atoms. The minimum atomic E-state index is -4.22. The van der Waals surface area contributed by atoms with Gasteiger partial charge >= 0.3 is 5.97 Å². The molecule has 146 valence electrons. The molecular formula is C18H18Cl3NO4S. The molecule has 5 nitrogen and oxygen atoms in total. The number of anilines is 1. The molecular weight excluding hydrogens is 433 g/mol. The molecule has 0 atom stereocenters. The Labute approximate surface area is 173 Å². The third-order valence-electron chi connectivity index (χ3n) is 3.61. The van der Waals surface area contributed by atoms with E-state index in [2.05, 4.69) is 0 Å². The van der Waals surface area contributed by atoms with Crippen LogP contribution in [0.3, 0.4) is 0 Å². The van der Waals surface area contributed by atoms with Crippen LogP contribution < -0.4 is 4.31 Å². The molecule has 0 unspecified atom stereocenters. The van der Waals surface area contributed by atoms with Crippen LogP contribution in [-0.4, -0.2) is 27.0 Å². The van der Waals surface area contributed by atoms with E-state index < -0.39 is 28.6 Å². The first-order valence-corrected chi connectivity index (χ1v) is 10.5. The molecule has 9 heteroatoms. The fourth-order valence-corrected chi connectivity index (χ4v) is 4.75. The zero-order valence-corrected chi connectivity index (χ0v) is 18.0. The summed E-state index contributed by atoms with van der Waals surface area (Å²) in [5.41, 5.74) is 0.748. The van der Waals surface area contributed by atoms with Crippen LogP contribution in [-0.2, 0) is 19.6 Å². The van der Waals surface area contributed by atoms with Crippen LogP contribution in [0.25, 0.3) is 0 Å². The van der Waals surface area contributed by atoms with Gasteiger partial charge in [0.1, 0.15) is 11.4 Å². The maximum Gasteiger partial charge on any atom is 0.327 e. The fraction of sp³-hybridized carbons (Fsp3) is 0.278. The molecule has 0 fully saturated rings. The molecule has 2 aromatic carbocycles. The van der Waals surface area contributed by atoms with Crippen LogP contribution in [0.1, 0.15) is 19.4 Å². The van der Waals surface area contributed by atoms with Crippen molar-refractivity contribution in [1.29, 1.82) is 0 Å². The number of ether oxygens (including phenoxy) is 1. The molecule has 0 saturated heterocycles. The lowest BCUT2D eigenvalue weighted by Gasteiger charge is -2.26. The number of sulfonamides is 1. The molecule has 0 aliphatic heterocycles. The number of hydrogen-bond acceptors (Lipinski definition) is 4. The van der Waals surface area contributed by atoms with Crippen molar-refractivity contribution < 1.29 is 17.9 Å². The predicted molar refractivity (Wildman–Crippen MR) is 108 cm³/mol. The van der Waals surface area contributed by atoms with E-state index in [1.54, 1.807) is 39.0 Å². The number of halogens is 3. The van der Waals surface area contributed by atoms with Crippen molar-refractivity contribution in [3.63, 3.8) is 0 Å². The second-order valence-electron chi connectivity index (χ2n) is 6.01. The average Bonchev–Trinajstić information content (AvgIpc) is 2.57. The Hall–Kier alpha value is -1.47. The van der Waals surface area contributed by atoms with E-state index in [0.717, 1.165) is 4.31 Å². The van der Waals surface area contributed by atoms with E-state index in [4.69, 9.17) is 39.5 Å². The number of nitrogens with zero attached hydrogens (tertiary/aromatic N) is 1. The van der Waals surface area contributed by atoms with E-state index in [1.807, 2.05) is 0 Å². The Morgan fingerprint density at radius 1 is 1.11 bits per heavy atom. The first kappa shape index (κ1) is 21.8. The quantitative estimate of drug-likeness (QED) is 0.574. The van der Waals surface area contributed by atoms with Gasteiger partial charge in [0.05, 0.1) is 16.8 Å². The second-order valence-corrected chi connectivity index (χ2v) is 9.09. The summed E-state index contributed by atoms with van der Waals surface area (Å²) in [6.07, 6.45) is -0.391. The van der Waals surface area contributed by atoms with Crippen molar-refractivity contribution in [2.24, 2.45) is 0 Å². The molecule has 0 radical (unpaired) electrons. The third-order valence-corrected chi connectivity index (χ3v) is 6.49. The zero-order valence-electron chi connectivity index (χ0n) is 14.9. The van der Waals surface area contributed by atoms with Crippen molar-refractivity contribution >= 4 is 56.5 Å². The van der Waals surface area contributed by atoms with E-state index in [9.17, 15) is 13.2 Å². The highest BCUT2D eigenvalue weighted by Crippen LogP contribution is 2.34. The normalized spacial score (nSPS) is 11.5. The van der Waals surface area contributed by atoms with Gasteiger partial charge in [-0.15, -0.1) is 0 Å². The lowest BCUT2D eigenvalue weighted by Crippen LogP contribution is -2.37. The molecule has 0 saturated carbocycles. The van der Waals surface area contributed by atoms with E-state index in [0.29, 0.717) is 10.6 Å². The molecule has 0 amide bonds. The lowest BCUT2D eigenvalue weighted by atomic mass is 10.2. The van der Waals surface area contributed by atoms with Gasteiger partial charge < -0.3 is 4.74 Å². The second kappa shape index (κ2) is 8.69. The topological polar surface area (TPSA) is 63.7 Å². The zero-order chi connectivity index (χ0) is 20.4. The van der Waals surface area contributed by atoms with Crippen LogP contribution in [0.5, 0.6) is 0 Å². The SMILES string of the molecule is Cc1c(Cl)cccc1N(CC(=O)OC(C)C)S(=O)(=O)c1cc(Cl)ccc1Cl. The van der Waals surface area contributed by atoms with Gasteiger partial charge in [0.15, 0.2) is 0 Å². The van der Waals surface area contributed by atoms with Crippen molar-refractivity contribution in [2.45, 2.75) is 31.8 Å². The highest BCUT2D eigenvalue weighted by atomic mass is 35.5. The Bertz CT molecular complexity index is 961. The predicted octanol–water partition coefficient (Wildman–Crippen LogP) is 5.10. The minimum Gasteiger partial charge on any atom is -0.462 e. The summed E-state index contributed by atoms with van der Waals surface area (Å²) < 4.78 is 32.7. The van der Waals surface area contributed by atoms with Gasteiger partial charge in [0.2, 0.25) is 0 Å². The summed E-state index contributed by atoms with van der Waals surface area (Å²) >= 11 is 18.2. The molecule has 0 aliphatic rings. The van der Waals surface area contributed by atoms with Crippen LogP contribution >= 0.6 is 34.8 Å².